The maximum atomic E-state index is 6.20. The Bertz CT molecular complexity index is 1090. The number of anilines is 3. The number of imidazole rings is 1. The molecule has 0 spiro atoms. The predicted octanol–water partition coefficient (Wildman–Crippen LogP) is 4.65. The number of ether oxygens (including phenoxy) is 1. The van der Waals surface area contributed by atoms with Gasteiger partial charge in [0.1, 0.15) is 5.52 Å². The molecule has 1 aliphatic carbocycles. The van der Waals surface area contributed by atoms with E-state index in [0.717, 1.165) is 74.5 Å². The smallest absolute Gasteiger partial charge is 0.225 e. The Labute approximate surface area is 192 Å². The number of aromatic nitrogens is 4. The van der Waals surface area contributed by atoms with Crippen molar-refractivity contribution >= 4 is 40.3 Å². The standard InChI is InChI=1S/C23H30ClN7O/c1-23(9-11-32-12-10-23)30-21-26-14-19-20(29-21)31(18-7-5-16(25)6-8-18)22(28-19)27-17-4-2-3-15(24)13-17/h2-4,13-14,16,18H,5-12,25H2,1H3,(H,27,28)(H,26,29,30)/t16-,18+. The van der Waals surface area contributed by atoms with Crippen LogP contribution in [0.1, 0.15) is 51.5 Å². The zero-order chi connectivity index (χ0) is 22.1. The van der Waals surface area contributed by atoms with Crippen LogP contribution in [0.3, 0.4) is 0 Å². The minimum Gasteiger partial charge on any atom is -0.381 e. The van der Waals surface area contributed by atoms with Crippen LogP contribution in [0.2, 0.25) is 5.02 Å². The number of halogens is 1. The van der Waals surface area contributed by atoms with Crippen LogP contribution in [0.4, 0.5) is 17.6 Å². The summed E-state index contributed by atoms with van der Waals surface area (Å²) in [6.07, 6.45) is 7.65. The number of benzene rings is 1. The summed E-state index contributed by atoms with van der Waals surface area (Å²) >= 11 is 6.20. The van der Waals surface area contributed by atoms with E-state index in [0.29, 0.717) is 11.0 Å². The molecular weight excluding hydrogens is 426 g/mol. The molecule has 8 nitrogen and oxygen atoms in total. The van der Waals surface area contributed by atoms with Crippen molar-refractivity contribution in [2.24, 2.45) is 5.73 Å². The van der Waals surface area contributed by atoms with Crippen LogP contribution in [0.25, 0.3) is 11.2 Å². The van der Waals surface area contributed by atoms with Crippen LogP contribution in [0, 0.1) is 0 Å². The van der Waals surface area contributed by atoms with Crippen molar-refractivity contribution in [3.05, 3.63) is 35.5 Å². The molecule has 0 radical (unpaired) electrons. The van der Waals surface area contributed by atoms with Gasteiger partial charge in [-0.15, -0.1) is 0 Å². The molecule has 0 amide bonds. The highest BCUT2D eigenvalue weighted by Crippen LogP contribution is 2.35. The van der Waals surface area contributed by atoms with Gasteiger partial charge in [0, 0.05) is 41.5 Å². The molecule has 1 aliphatic heterocycles. The van der Waals surface area contributed by atoms with Crippen LogP contribution in [-0.2, 0) is 4.74 Å². The van der Waals surface area contributed by atoms with Crippen molar-refractivity contribution in [1.82, 2.24) is 19.5 Å². The van der Waals surface area contributed by atoms with Gasteiger partial charge in [-0.25, -0.2) is 9.97 Å². The molecule has 2 fully saturated rings. The number of nitrogens with one attached hydrogen (secondary N) is 2. The van der Waals surface area contributed by atoms with Crippen LogP contribution < -0.4 is 16.4 Å². The van der Waals surface area contributed by atoms with E-state index in [1.54, 1.807) is 0 Å². The molecule has 2 aromatic heterocycles. The highest BCUT2D eigenvalue weighted by molar-refractivity contribution is 6.30. The molecule has 2 aliphatic rings. The Balaban J connectivity index is 1.52. The van der Waals surface area contributed by atoms with Gasteiger partial charge in [-0.1, -0.05) is 17.7 Å². The van der Waals surface area contributed by atoms with E-state index < -0.39 is 0 Å². The lowest BCUT2D eigenvalue weighted by Crippen LogP contribution is -2.41. The minimum atomic E-state index is -0.0732. The number of rotatable bonds is 5. The largest absolute Gasteiger partial charge is 0.381 e. The van der Waals surface area contributed by atoms with Crippen LogP contribution in [0.5, 0.6) is 0 Å². The zero-order valence-corrected chi connectivity index (χ0v) is 19.1. The number of fused-ring (bicyclic) bond motifs is 1. The second-order valence-corrected chi connectivity index (χ2v) is 9.65. The predicted molar refractivity (Wildman–Crippen MR) is 128 cm³/mol. The summed E-state index contributed by atoms with van der Waals surface area (Å²) in [7, 11) is 0. The lowest BCUT2D eigenvalue weighted by molar-refractivity contribution is 0.0656. The van der Waals surface area contributed by atoms with Crippen molar-refractivity contribution in [2.45, 2.75) is 63.1 Å². The fraction of sp³-hybridized carbons (Fsp3) is 0.522. The van der Waals surface area contributed by atoms with Crippen molar-refractivity contribution < 1.29 is 4.74 Å². The first kappa shape index (κ1) is 21.4. The van der Waals surface area contributed by atoms with E-state index in [4.69, 9.17) is 32.0 Å². The Kier molecular flexibility index (Phi) is 5.92. The molecule has 3 aromatic rings. The fourth-order valence-corrected chi connectivity index (χ4v) is 4.85. The Morgan fingerprint density at radius 2 is 1.94 bits per heavy atom. The average molecular weight is 456 g/mol. The monoisotopic (exact) mass is 455 g/mol. The van der Waals surface area contributed by atoms with Crippen LogP contribution in [-0.4, -0.2) is 44.3 Å². The van der Waals surface area contributed by atoms with E-state index in [9.17, 15) is 0 Å². The lowest BCUT2D eigenvalue weighted by atomic mass is 9.91. The van der Waals surface area contributed by atoms with Crippen molar-refractivity contribution in [2.75, 3.05) is 23.8 Å². The maximum absolute atomic E-state index is 6.20. The van der Waals surface area contributed by atoms with E-state index >= 15 is 0 Å². The fourth-order valence-electron chi connectivity index (χ4n) is 4.66. The van der Waals surface area contributed by atoms with E-state index in [1.807, 2.05) is 30.5 Å². The number of hydrogen-bond acceptors (Lipinski definition) is 7. The summed E-state index contributed by atoms with van der Waals surface area (Å²) < 4.78 is 7.75. The second-order valence-electron chi connectivity index (χ2n) is 9.21. The minimum absolute atomic E-state index is 0.0732. The first-order valence-corrected chi connectivity index (χ1v) is 11.8. The summed E-state index contributed by atoms with van der Waals surface area (Å²) in [5.74, 6) is 1.39. The Morgan fingerprint density at radius 3 is 2.69 bits per heavy atom. The number of nitrogens with two attached hydrogens (primary N) is 1. The first-order chi connectivity index (χ1) is 15.5. The molecule has 9 heteroatoms. The third-order valence-electron chi connectivity index (χ3n) is 6.63. The molecule has 3 heterocycles. The van der Waals surface area contributed by atoms with Crippen molar-refractivity contribution in [3.8, 4) is 0 Å². The molecule has 4 N–H and O–H groups in total. The summed E-state index contributed by atoms with van der Waals surface area (Å²) in [6, 6.07) is 8.21. The third-order valence-corrected chi connectivity index (χ3v) is 6.87. The highest BCUT2D eigenvalue weighted by Gasteiger charge is 2.29. The molecule has 0 atom stereocenters. The first-order valence-electron chi connectivity index (χ1n) is 11.4. The number of hydrogen-bond donors (Lipinski definition) is 3. The van der Waals surface area contributed by atoms with Gasteiger partial charge >= 0.3 is 0 Å². The SMILES string of the molecule is CC1(Nc2ncc3nc(Nc4cccc(Cl)c4)n([C@H]4CC[C@@H](N)CC4)c3n2)CCOCC1. The maximum Gasteiger partial charge on any atom is 0.225 e. The molecule has 1 saturated heterocycles. The van der Waals surface area contributed by atoms with Gasteiger partial charge in [-0.2, -0.15) is 4.98 Å². The third kappa shape index (κ3) is 4.53. The molecule has 170 valence electrons. The van der Waals surface area contributed by atoms with Crippen molar-refractivity contribution in [3.63, 3.8) is 0 Å². The Hall–Kier alpha value is -2.42. The van der Waals surface area contributed by atoms with Crippen LogP contribution in [0.15, 0.2) is 30.5 Å². The van der Waals surface area contributed by atoms with Gasteiger partial charge in [-0.3, -0.25) is 4.57 Å². The van der Waals surface area contributed by atoms with Gasteiger partial charge in [0.25, 0.3) is 0 Å². The van der Waals surface area contributed by atoms with Gasteiger partial charge in [0.2, 0.25) is 11.9 Å². The average Bonchev–Trinajstić information content (AvgIpc) is 3.11. The van der Waals surface area contributed by atoms with Crippen molar-refractivity contribution in [1.29, 1.82) is 0 Å². The van der Waals surface area contributed by atoms with Gasteiger partial charge in [0.05, 0.1) is 6.20 Å². The van der Waals surface area contributed by atoms with E-state index in [2.05, 4.69) is 27.1 Å². The molecule has 1 saturated carbocycles. The molecule has 1 aromatic carbocycles. The topological polar surface area (TPSA) is 103 Å². The van der Waals surface area contributed by atoms with E-state index in [1.165, 1.54) is 0 Å². The summed E-state index contributed by atoms with van der Waals surface area (Å²) in [6.45, 7) is 3.70. The molecule has 32 heavy (non-hydrogen) atoms. The van der Waals surface area contributed by atoms with Gasteiger partial charge in [-0.05, 0) is 63.6 Å². The second kappa shape index (κ2) is 8.84. The molecule has 0 unspecified atom stereocenters. The quantitative estimate of drug-likeness (QED) is 0.514. The molecular formula is C23H30ClN7O. The number of nitrogens with zero attached hydrogens (tertiary/aromatic N) is 4. The summed E-state index contributed by atoms with van der Waals surface area (Å²) in [4.78, 5) is 14.3. The van der Waals surface area contributed by atoms with Gasteiger partial charge < -0.3 is 21.1 Å². The highest BCUT2D eigenvalue weighted by atomic mass is 35.5. The lowest BCUT2D eigenvalue weighted by Gasteiger charge is -2.34. The summed E-state index contributed by atoms with van der Waals surface area (Å²) in [5.41, 5.74) is 8.61. The molecule has 5 rings (SSSR count). The molecule has 0 bridgehead atoms. The Morgan fingerprint density at radius 1 is 1.16 bits per heavy atom. The summed E-state index contributed by atoms with van der Waals surface area (Å²) in [5, 5.41) is 7.68. The normalized spacial score (nSPS) is 23.2. The zero-order valence-electron chi connectivity index (χ0n) is 18.4. The van der Waals surface area contributed by atoms with E-state index in [-0.39, 0.29) is 17.6 Å². The van der Waals surface area contributed by atoms with Gasteiger partial charge in [0.15, 0.2) is 5.65 Å². The van der Waals surface area contributed by atoms with Crippen LogP contribution >= 0.6 is 11.6 Å².